The fraction of sp³-hybridized carbons (Fsp3) is 0.400. The van der Waals surface area contributed by atoms with Crippen LogP contribution >= 0.6 is 0 Å². The predicted molar refractivity (Wildman–Crippen MR) is 70.6 cm³/mol. The van der Waals surface area contributed by atoms with Crippen molar-refractivity contribution in [1.29, 1.82) is 0 Å². The average molecular weight is 246 g/mol. The van der Waals surface area contributed by atoms with Gasteiger partial charge < -0.3 is 9.84 Å². The molecule has 0 saturated heterocycles. The van der Waals surface area contributed by atoms with Crippen molar-refractivity contribution in [2.24, 2.45) is 5.92 Å². The first-order valence-electron chi connectivity index (χ1n) is 6.30. The molecule has 1 aliphatic rings. The van der Waals surface area contributed by atoms with Crippen molar-refractivity contribution in [2.75, 3.05) is 7.11 Å². The highest BCUT2D eigenvalue weighted by Gasteiger charge is 2.23. The first kappa shape index (κ1) is 12.7. The third-order valence-corrected chi connectivity index (χ3v) is 3.49. The topological polar surface area (TPSA) is 46.5 Å². The summed E-state index contributed by atoms with van der Waals surface area (Å²) in [5.41, 5.74) is 1.81. The van der Waals surface area contributed by atoms with E-state index >= 15 is 0 Å². The van der Waals surface area contributed by atoms with Gasteiger partial charge in [0, 0.05) is 11.6 Å². The molecule has 1 N–H and O–H groups in total. The molecule has 0 spiro atoms. The van der Waals surface area contributed by atoms with Gasteiger partial charge >= 0.3 is 5.97 Å². The number of ether oxygens (including phenoxy) is 1. The van der Waals surface area contributed by atoms with Gasteiger partial charge in [-0.15, -0.1) is 0 Å². The Hall–Kier alpha value is -1.77. The number of carboxylic acids is 1. The van der Waals surface area contributed by atoms with Gasteiger partial charge in [0.2, 0.25) is 0 Å². The zero-order valence-electron chi connectivity index (χ0n) is 10.6. The van der Waals surface area contributed by atoms with Crippen LogP contribution in [0.1, 0.15) is 31.2 Å². The summed E-state index contributed by atoms with van der Waals surface area (Å²) in [7, 11) is 1.62. The standard InChI is InChI=1S/C15H18O3/c1-18-14-9-5-4-8-12(14)13(10-15(16)17)11-6-2-3-7-11/h4-5,8-11H,2-3,6-7H2,1H3,(H,16,17)/b13-10+. The molecule has 0 heterocycles. The molecule has 0 amide bonds. The van der Waals surface area contributed by atoms with Crippen LogP contribution < -0.4 is 4.74 Å². The van der Waals surface area contributed by atoms with Crippen LogP contribution in [-0.4, -0.2) is 18.2 Å². The van der Waals surface area contributed by atoms with Gasteiger partial charge in [0.05, 0.1) is 7.11 Å². The third kappa shape index (κ3) is 2.73. The number of methoxy groups -OCH3 is 1. The van der Waals surface area contributed by atoms with E-state index < -0.39 is 5.97 Å². The first-order valence-corrected chi connectivity index (χ1v) is 6.30. The van der Waals surface area contributed by atoms with E-state index in [1.165, 1.54) is 18.9 Å². The van der Waals surface area contributed by atoms with Crippen LogP contribution in [-0.2, 0) is 4.79 Å². The summed E-state index contributed by atoms with van der Waals surface area (Å²) >= 11 is 0. The summed E-state index contributed by atoms with van der Waals surface area (Å²) in [4.78, 5) is 11.0. The van der Waals surface area contributed by atoms with Crippen LogP contribution in [0.4, 0.5) is 0 Å². The number of hydrogen-bond donors (Lipinski definition) is 1. The van der Waals surface area contributed by atoms with Crippen LogP contribution in [0.2, 0.25) is 0 Å². The second-order valence-electron chi connectivity index (χ2n) is 4.62. The highest BCUT2D eigenvalue weighted by atomic mass is 16.5. The van der Waals surface area contributed by atoms with E-state index in [-0.39, 0.29) is 0 Å². The molecule has 1 aromatic rings. The Labute approximate surface area is 107 Å². The Morgan fingerprint density at radius 1 is 1.33 bits per heavy atom. The number of hydrogen-bond acceptors (Lipinski definition) is 2. The molecule has 18 heavy (non-hydrogen) atoms. The highest BCUT2D eigenvalue weighted by molar-refractivity contribution is 5.91. The quantitative estimate of drug-likeness (QED) is 0.829. The molecule has 0 radical (unpaired) electrons. The monoisotopic (exact) mass is 246 g/mol. The van der Waals surface area contributed by atoms with Crippen LogP contribution in [0.15, 0.2) is 30.3 Å². The summed E-state index contributed by atoms with van der Waals surface area (Å²) < 4.78 is 5.33. The van der Waals surface area contributed by atoms with Crippen molar-refractivity contribution in [2.45, 2.75) is 25.7 Å². The molecule has 2 rings (SSSR count). The van der Waals surface area contributed by atoms with E-state index in [2.05, 4.69) is 0 Å². The summed E-state index contributed by atoms with van der Waals surface area (Å²) in [5.74, 6) is 0.206. The molecule has 3 heteroatoms. The molecular formula is C15H18O3. The summed E-state index contributed by atoms with van der Waals surface area (Å²) in [6.45, 7) is 0. The number of carbonyl (C=O) groups is 1. The average Bonchev–Trinajstić information content (AvgIpc) is 2.89. The number of benzene rings is 1. The van der Waals surface area contributed by atoms with Crippen LogP contribution in [0.25, 0.3) is 5.57 Å². The van der Waals surface area contributed by atoms with Gasteiger partial charge in [-0.3, -0.25) is 0 Å². The van der Waals surface area contributed by atoms with E-state index in [0.29, 0.717) is 5.92 Å². The van der Waals surface area contributed by atoms with Crippen molar-refractivity contribution in [3.05, 3.63) is 35.9 Å². The van der Waals surface area contributed by atoms with Gasteiger partial charge in [0.25, 0.3) is 0 Å². The lowest BCUT2D eigenvalue weighted by atomic mass is 9.90. The Morgan fingerprint density at radius 2 is 2.00 bits per heavy atom. The van der Waals surface area contributed by atoms with Crippen molar-refractivity contribution in [3.63, 3.8) is 0 Å². The van der Waals surface area contributed by atoms with Crippen molar-refractivity contribution in [3.8, 4) is 5.75 Å². The third-order valence-electron chi connectivity index (χ3n) is 3.49. The molecule has 3 nitrogen and oxygen atoms in total. The van der Waals surface area contributed by atoms with Gasteiger partial charge in [-0.2, -0.15) is 0 Å². The van der Waals surface area contributed by atoms with Gasteiger partial charge in [0.1, 0.15) is 5.75 Å². The van der Waals surface area contributed by atoms with E-state index in [1.54, 1.807) is 7.11 Å². The zero-order chi connectivity index (χ0) is 13.0. The molecular weight excluding hydrogens is 228 g/mol. The van der Waals surface area contributed by atoms with Crippen molar-refractivity contribution < 1.29 is 14.6 Å². The molecule has 0 aromatic heterocycles. The predicted octanol–water partition coefficient (Wildman–Crippen LogP) is 3.35. The van der Waals surface area contributed by atoms with Gasteiger partial charge in [0.15, 0.2) is 0 Å². The minimum absolute atomic E-state index is 0.345. The maximum Gasteiger partial charge on any atom is 0.328 e. The highest BCUT2D eigenvalue weighted by Crippen LogP contribution is 2.39. The maximum absolute atomic E-state index is 11.0. The minimum atomic E-state index is -0.886. The maximum atomic E-state index is 11.0. The number of carboxylic acid groups (broad SMARTS) is 1. The minimum Gasteiger partial charge on any atom is -0.496 e. The lowest BCUT2D eigenvalue weighted by Crippen LogP contribution is -2.03. The SMILES string of the molecule is COc1ccccc1/C(=C/C(=O)O)C1CCCC1. The lowest BCUT2D eigenvalue weighted by molar-refractivity contribution is -0.131. The second kappa shape index (κ2) is 5.71. The molecule has 0 bridgehead atoms. The van der Waals surface area contributed by atoms with Crippen LogP contribution in [0, 0.1) is 5.92 Å². The number of allylic oxidation sites excluding steroid dienone is 1. The molecule has 1 fully saturated rings. The molecule has 1 aromatic carbocycles. The van der Waals surface area contributed by atoms with Crippen LogP contribution in [0.5, 0.6) is 5.75 Å². The molecule has 1 aliphatic carbocycles. The Balaban J connectivity index is 2.42. The molecule has 0 atom stereocenters. The smallest absolute Gasteiger partial charge is 0.328 e. The molecule has 0 unspecified atom stereocenters. The van der Waals surface area contributed by atoms with Gasteiger partial charge in [-0.25, -0.2) is 4.79 Å². The van der Waals surface area contributed by atoms with Crippen molar-refractivity contribution >= 4 is 11.5 Å². The largest absolute Gasteiger partial charge is 0.496 e. The summed E-state index contributed by atoms with van der Waals surface area (Å²) in [6, 6.07) is 7.63. The Kier molecular flexibility index (Phi) is 4.03. The van der Waals surface area contributed by atoms with E-state index in [4.69, 9.17) is 9.84 Å². The van der Waals surface area contributed by atoms with E-state index in [1.807, 2.05) is 24.3 Å². The van der Waals surface area contributed by atoms with E-state index in [9.17, 15) is 4.79 Å². The molecule has 0 aliphatic heterocycles. The molecule has 1 saturated carbocycles. The Morgan fingerprint density at radius 3 is 2.61 bits per heavy atom. The number of para-hydroxylation sites is 1. The van der Waals surface area contributed by atoms with Gasteiger partial charge in [-0.1, -0.05) is 31.0 Å². The first-order chi connectivity index (χ1) is 8.72. The van der Waals surface area contributed by atoms with E-state index in [0.717, 1.165) is 29.7 Å². The number of aliphatic carboxylic acids is 1. The summed E-state index contributed by atoms with van der Waals surface area (Å²) in [6.07, 6.45) is 5.83. The lowest BCUT2D eigenvalue weighted by Gasteiger charge is -2.17. The second-order valence-corrected chi connectivity index (χ2v) is 4.62. The normalized spacial score (nSPS) is 16.8. The zero-order valence-corrected chi connectivity index (χ0v) is 10.6. The van der Waals surface area contributed by atoms with Gasteiger partial charge in [-0.05, 0) is 30.4 Å². The summed E-state index contributed by atoms with van der Waals surface area (Å²) in [5, 5.41) is 9.05. The Bertz CT molecular complexity index is 457. The number of rotatable bonds is 4. The van der Waals surface area contributed by atoms with Crippen molar-refractivity contribution in [1.82, 2.24) is 0 Å². The molecule has 96 valence electrons. The fourth-order valence-corrected chi connectivity index (χ4v) is 2.67. The fourth-order valence-electron chi connectivity index (χ4n) is 2.67. The van der Waals surface area contributed by atoms with Crippen LogP contribution in [0.3, 0.4) is 0 Å².